The standard InChI is InChI=1S/C17H22N4O4/c1-10-13(9-24-17(23)21(3)12-6-4-5-7-12)15(25-20-10)16-18-8-14(22)11(2)19-16/h8,12,22H,4-7,9H2,1-3H3. The SMILES string of the molecule is Cc1nc(-c2onc(C)c2COC(=O)N(C)C2CCCC2)ncc1O. The number of aromatic nitrogens is 3. The van der Waals surface area contributed by atoms with Crippen molar-refractivity contribution < 1.29 is 19.2 Å². The molecule has 1 N–H and O–H groups in total. The third kappa shape index (κ3) is 3.57. The molecule has 0 unspecified atom stereocenters. The number of carbonyl (C=O) groups is 1. The number of carbonyl (C=O) groups excluding carboxylic acids is 1. The summed E-state index contributed by atoms with van der Waals surface area (Å²) in [5, 5.41) is 13.5. The summed E-state index contributed by atoms with van der Waals surface area (Å²) < 4.78 is 10.7. The topological polar surface area (TPSA) is 102 Å². The minimum Gasteiger partial charge on any atom is -0.504 e. The lowest BCUT2D eigenvalue weighted by atomic mass is 10.2. The molecule has 134 valence electrons. The molecule has 1 aliphatic carbocycles. The van der Waals surface area contributed by atoms with E-state index in [9.17, 15) is 9.90 Å². The van der Waals surface area contributed by atoms with Gasteiger partial charge >= 0.3 is 6.09 Å². The predicted molar refractivity (Wildman–Crippen MR) is 88.9 cm³/mol. The summed E-state index contributed by atoms with van der Waals surface area (Å²) in [4.78, 5) is 22.2. The smallest absolute Gasteiger partial charge is 0.410 e. The molecule has 8 heteroatoms. The van der Waals surface area contributed by atoms with Crippen LogP contribution in [-0.4, -0.2) is 44.3 Å². The Kier molecular flexibility index (Phi) is 4.87. The molecule has 0 bridgehead atoms. The van der Waals surface area contributed by atoms with Gasteiger partial charge in [0.2, 0.25) is 5.76 Å². The number of aryl methyl sites for hydroxylation is 2. The fourth-order valence-electron chi connectivity index (χ4n) is 2.98. The molecule has 0 aliphatic heterocycles. The second-order valence-electron chi connectivity index (χ2n) is 6.34. The van der Waals surface area contributed by atoms with E-state index in [0.717, 1.165) is 25.7 Å². The molecule has 1 saturated carbocycles. The van der Waals surface area contributed by atoms with Gasteiger partial charge in [-0.15, -0.1) is 0 Å². The molecule has 2 aromatic rings. The number of ether oxygens (including phenoxy) is 1. The van der Waals surface area contributed by atoms with E-state index >= 15 is 0 Å². The first-order chi connectivity index (χ1) is 12.0. The van der Waals surface area contributed by atoms with Crippen molar-refractivity contribution in [3.63, 3.8) is 0 Å². The Labute approximate surface area is 145 Å². The number of rotatable bonds is 4. The van der Waals surface area contributed by atoms with Crippen molar-refractivity contribution in [2.75, 3.05) is 7.05 Å². The number of hydrogen-bond acceptors (Lipinski definition) is 7. The van der Waals surface area contributed by atoms with Crippen molar-refractivity contribution in [1.82, 2.24) is 20.0 Å². The molecule has 2 aromatic heterocycles. The number of hydrogen-bond donors (Lipinski definition) is 1. The van der Waals surface area contributed by atoms with E-state index in [1.165, 1.54) is 6.20 Å². The Morgan fingerprint density at radius 2 is 2.08 bits per heavy atom. The van der Waals surface area contributed by atoms with Crippen molar-refractivity contribution in [2.24, 2.45) is 0 Å². The largest absolute Gasteiger partial charge is 0.504 e. The van der Waals surface area contributed by atoms with E-state index in [1.807, 2.05) is 0 Å². The molecule has 0 spiro atoms. The molecule has 3 rings (SSSR count). The molecule has 2 heterocycles. The van der Waals surface area contributed by atoms with Gasteiger partial charge in [-0.25, -0.2) is 14.8 Å². The van der Waals surface area contributed by atoms with Gasteiger partial charge in [0.1, 0.15) is 6.61 Å². The second-order valence-corrected chi connectivity index (χ2v) is 6.34. The normalized spacial score (nSPS) is 14.7. The number of aromatic hydroxyl groups is 1. The van der Waals surface area contributed by atoms with Gasteiger partial charge in [-0.1, -0.05) is 18.0 Å². The molecule has 1 fully saturated rings. The third-order valence-corrected chi connectivity index (χ3v) is 4.64. The predicted octanol–water partition coefficient (Wildman–Crippen LogP) is 2.97. The lowest BCUT2D eigenvalue weighted by Crippen LogP contribution is -2.35. The fraction of sp³-hybridized carbons (Fsp3) is 0.529. The highest BCUT2D eigenvalue weighted by Gasteiger charge is 2.26. The second kappa shape index (κ2) is 7.08. The van der Waals surface area contributed by atoms with E-state index in [4.69, 9.17) is 9.26 Å². The molecule has 0 atom stereocenters. The van der Waals surface area contributed by atoms with E-state index in [-0.39, 0.29) is 24.5 Å². The van der Waals surface area contributed by atoms with Crippen LogP contribution >= 0.6 is 0 Å². The van der Waals surface area contributed by atoms with Crippen LogP contribution in [0.15, 0.2) is 10.7 Å². The van der Waals surface area contributed by atoms with Crippen molar-refractivity contribution in [3.8, 4) is 17.3 Å². The first-order valence-electron chi connectivity index (χ1n) is 8.35. The summed E-state index contributed by atoms with van der Waals surface area (Å²) >= 11 is 0. The van der Waals surface area contributed by atoms with Crippen LogP contribution in [0.4, 0.5) is 4.79 Å². The number of nitrogens with zero attached hydrogens (tertiary/aromatic N) is 4. The summed E-state index contributed by atoms with van der Waals surface area (Å²) in [6, 6.07) is 0.249. The van der Waals surface area contributed by atoms with Crippen LogP contribution in [0.1, 0.15) is 42.6 Å². The zero-order valence-corrected chi connectivity index (χ0v) is 14.7. The Morgan fingerprint density at radius 3 is 2.76 bits per heavy atom. The van der Waals surface area contributed by atoms with Gasteiger partial charge in [0, 0.05) is 13.1 Å². The summed E-state index contributed by atoms with van der Waals surface area (Å²) in [6.07, 6.45) is 5.28. The first kappa shape index (κ1) is 17.2. The van der Waals surface area contributed by atoms with E-state index in [1.54, 1.807) is 25.8 Å². The van der Waals surface area contributed by atoms with Gasteiger partial charge in [-0.3, -0.25) is 0 Å². The Morgan fingerprint density at radius 1 is 1.36 bits per heavy atom. The fourth-order valence-corrected chi connectivity index (χ4v) is 2.98. The highest BCUT2D eigenvalue weighted by atomic mass is 16.6. The third-order valence-electron chi connectivity index (χ3n) is 4.64. The van der Waals surface area contributed by atoms with Crippen LogP contribution < -0.4 is 0 Å². The van der Waals surface area contributed by atoms with Crippen LogP contribution in [0, 0.1) is 13.8 Å². The molecule has 1 amide bonds. The van der Waals surface area contributed by atoms with E-state index in [2.05, 4.69) is 15.1 Å². The maximum absolute atomic E-state index is 12.3. The molecule has 8 nitrogen and oxygen atoms in total. The quantitative estimate of drug-likeness (QED) is 0.908. The van der Waals surface area contributed by atoms with Gasteiger partial charge in [0.25, 0.3) is 0 Å². The summed E-state index contributed by atoms with van der Waals surface area (Å²) in [7, 11) is 1.77. The molecule has 25 heavy (non-hydrogen) atoms. The molecule has 1 aliphatic rings. The van der Waals surface area contributed by atoms with Gasteiger partial charge in [-0.2, -0.15) is 0 Å². The van der Waals surface area contributed by atoms with Gasteiger partial charge in [0.15, 0.2) is 11.6 Å². The van der Waals surface area contributed by atoms with Crippen molar-refractivity contribution >= 4 is 6.09 Å². The minimum atomic E-state index is -0.360. The van der Waals surface area contributed by atoms with Gasteiger partial charge in [0.05, 0.1) is 23.1 Å². The maximum Gasteiger partial charge on any atom is 0.410 e. The average molecular weight is 346 g/mol. The molecule has 0 aromatic carbocycles. The van der Waals surface area contributed by atoms with Crippen LogP contribution in [0.25, 0.3) is 11.6 Å². The van der Waals surface area contributed by atoms with Crippen LogP contribution in [-0.2, 0) is 11.3 Å². The highest BCUT2D eigenvalue weighted by molar-refractivity contribution is 5.68. The van der Waals surface area contributed by atoms with Gasteiger partial charge in [-0.05, 0) is 26.7 Å². The Balaban J connectivity index is 1.73. The van der Waals surface area contributed by atoms with Crippen LogP contribution in [0.2, 0.25) is 0 Å². The summed E-state index contributed by atoms with van der Waals surface area (Å²) in [5.41, 5.74) is 1.67. The molecule has 0 radical (unpaired) electrons. The zero-order valence-electron chi connectivity index (χ0n) is 14.7. The van der Waals surface area contributed by atoms with Crippen LogP contribution in [0.3, 0.4) is 0 Å². The lowest BCUT2D eigenvalue weighted by Gasteiger charge is -2.23. The average Bonchev–Trinajstić information content (AvgIpc) is 3.24. The summed E-state index contributed by atoms with van der Waals surface area (Å²) in [5.74, 6) is 0.647. The maximum atomic E-state index is 12.3. The lowest BCUT2D eigenvalue weighted by molar-refractivity contribution is 0.0917. The molecular formula is C17H22N4O4. The zero-order chi connectivity index (χ0) is 18.0. The monoisotopic (exact) mass is 346 g/mol. The Hall–Kier alpha value is -2.64. The van der Waals surface area contributed by atoms with Gasteiger partial charge < -0.3 is 19.3 Å². The highest BCUT2D eigenvalue weighted by Crippen LogP contribution is 2.27. The molecule has 0 saturated heterocycles. The van der Waals surface area contributed by atoms with Crippen molar-refractivity contribution in [2.45, 2.75) is 52.2 Å². The minimum absolute atomic E-state index is 0.00570. The van der Waals surface area contributed by atoms with E-state index in [0.29, 0.717) is 28.5 Å². The number of amides is 1. The van der Waals surface area contributed by atoms with Crippen LogP contribution in [0.5, 0.6) is 5.75 Å². The summed E-state index contributed by atoms with van der Waals surface area (Å²) in [6.45, 7) is 3.47. The Bertz CT molecular complexity index is 768. The van der Waals surface area contributed by atoms with E-state index < -0.39 is 0 Å². The van der Waals surface area contributed by atoms with Crippen molar-refractivity contribution in [3.05, 3.63) is 23.1 Å². The van der Waals surface area contributed by atoms with Crippen molar-refractivity contribution in [1.29, 1.82) is 0 Å². The molecular weight excluding hydrogens is 324 g/mol. The first-order valence-corrected chi connectivity index (χ1v) is 8.35.